The molecule has 2 rings (SSSR count). The van der Waals surface area contributed by atoms with Crippen molar-refractivity contribution in [1.82, 2.24) is 30.3 Å². The summed E-state index contributed by atoms with van der Waals surface area (Å²) in [6.07, 6.45) is 2.66. The number of hydrogen-bond donors (Lipinski definition) is 2. The molecule has 0 bridgehead atoms. The third-order valence-electron chi connectivity index (χ3n) is 3.86. The van der Waals surface area contributed by atoms with Crippen molar-refractivity contribution in [3.05, 3.63) is 47.5 Å². The predicted octanol–water partition coefficient (Wildman–Crippen LogP) is 1.27. The molecule has 0 saturated carbocycles. The minimum Gasteiger partial charge on any atom is -0.355 e. The van der Waals surface area contributed by atoms with Gasteiger partial charge in [-0.15, -0.1) is 10.2 Å². The van der Waals surface area contributed by atoms with Crippen LogP contribution in [0.25, 0.3) is 0 Å². The number of rotatable bonds is 8. The number of hydrogen-bond acceptors (Lipinski definition) is 4. The van der Waals surface area contributed by atoms with Gasteiger partial charge in [0.15, 0.2) is 5.96 Å². The third kappa shape index (κ3) is 6.19. The molecule has 0 unspecified atom stereocenters. The molecule has 0 spiro atoms. The maximum atomic E-state index is 4.27. The van der Waals surface area contributed by atoms with Crippen molar-refractivity contribution in [3.63, 3.8) is 0 Å². The summed E-state index contributed by atoms with van der Waals surface area (Å²) in [4.78, 5) is 6.43. The number of guanidine groups is 1. The lowest BCUT2D eigenvalue weighted by atomic mass is 10.1. The van der Waals surface area contributed by atoms with Gasteiger partial charge in [0, 0.05) is 39.6 Å². The molecule has 7 nitrogen and oxygen atoms in total. The van der Waals surface area contributed by atoms with E-state index in [0.717, 1.165) is 44.4 Å². The first-order valence-corrected chi connectivity index (χ1v) is 8.66. The molecule has 0 saturated heterocycles. The van der Waals surface area contributed by atoms with E-state index in [1.807, 2.05) is 0 Å². The van der Waals surface area contributed by atoms with Gasteiger partial charge in [0.1, 0.15) is 12.2 Å². The second-order valence-corrected chi connectivity index (χ2v) is 6.20. The summed E-state index contributed by atoms with van der Waals surface area (Å²) in [5.41, 5.74) is 2.55. The number of aryl methyl sites for hydroxylation is 1. The largest absolute Gasteiger partial charge is 0.355 e. The molecule has 0 atom stereocenters. The molecule has 1 aromatic carbocycles. The van der Waals surface area contributed by atoms with E-state index in [-0.39, 0.29) is 0 Å². The summed E-state index contributed by atoms with van der Waals surface area (Å²) >= 11 is 0. The maximum absolute atomic E-state index is 4.27. The van der Waals surface area contributed by atoms with Crippen LogP contribution < -0.4 is 10.6 Å². The fourth-order valence-corrected chi connectivity index (χ4v) is 2.57. The minimum absolute atomic E-state index is 0.745. The number of aromatic nitrogens is 3. The smallest absolute Gasteiger partial charge is 0.191 e. The van der Waals surface area contributed by atoms with E-state index < -0.39 is 0 Å². The first-order chi connectivity index (χ1) is 12.1. The molecule has 1 heterocycles. The summed E-state index contributed by atoms with van der Waals surface area (Å²) in [7, 11) is 5.94. The zero-order chi connectivity index (χ0) is 18.1. The van der Waals surface area contributed by atoms with Gasteiger partial charge in [0.25, 0.3) is 0 Å². The molecule has 2 aromatic rings. The van der Waals surface area contributed by atoms with E-state index in [2.05, 4.69) is 80.6 Å². The Morgan fingerprint density at radius 2 is 1.88 bits per heavy atom. The lowest BCUT2D eigenvalue weighted by Gasteiger charge is -2.13. The zero-order valence-electron chi connectivity index (χ0n) is 15.7. The average Bonchev–Trinajstić information content (AvgIpc) is 3.06. The van der Waals surface area contributed by atoms with Gasteiger partial charge >= 0.3 is 0 Å². The average molecular weight is 343 g/mol. The second kappa shape index (κ2) is 9.78. The molecule has 25 heavy (non-hydrogen) atoms. The summed E-state index contributed by atoms with van der Waals surface area (Å²) in [5.74, 6) is 1.80. The van der Waals surface area contributed by atoms with Crippen molar-refractivity contribution in [3.8, 4) is 0 Å². The van der Waals surface area contributed by atoms with Crippen LogP contribution in [0.2, 0.25) is 0 Å². The first kappa shape index (κ1) is 18.9. The van der Waals surface area contributed by atoms with E-state index in [0.29, 0.717) is 0 Å². The van der Waals surface area contributed by atoms with Gasteiger partial charge in [-0.2, -0.15) is 0 Å². The van der Waals surface area contributed by atoms with Crippen LogP contribution in [0.3, 0.4) is 0 Å². The monoisotopic (exact) mass is 343 g/mol. The van der Waals surface area contributed by atoms with Crippen LogP contribution in [0.15, 0.2) is 35.6 Å². The normalized spacial score (nSPS) is 11.8. The van der Waals surface area contributed by atoms with E-state index >= 15 is 0 Å². The maximum Gasteiger partial charge on any atom is 0.191 e. The van der Waals surface area contributed by atoms with Crippen molar-refractivity contribution in [2.45, 2.75) is 33.0 Å². The van der Waals surface area contributed by atoms with Gasteiger partial charge in [0.05, 0.1) is 0 Å². The molecular weight excluding hydrogens is 314 g/mol. The van der Waals surface area contributed by atoms with Crippen molar-refractivity contribution in [2.24, 2.45) is 4.99 Å². The Hall–Kier alpha value is -2.41. The molecule has 136 valence electrons. The lowest BCUT2D eigenvalue weighted by molar-refractivity contribution is 0.402. The Balaban J connectivity index is 1.76. The van der Waals surface area contributed by atoms with Gasteiger partial charge < -0.3 is 20.1 Å². The fraction of sp³-hybridized carbons (Fsp3) is 0.500. The summed E-state index contributed by atoms with van der Waals surface area (Å²) < 4.78 is 2.06. The Morgan fingerprint density at radius 3 is 2.52 bits per heavy atom. The van der Waals surface area contributed by atoms with Crippen LogP contribution in [0.4, 0.5) is 0 Å². The van der Waals surface area contributed by atoms with Gasteiger partial charge in [-0.25, -0.2) is 0 Å². The Kier molecular flexibility index (Phi) is 7.40. The van der Waals surface area contributed by atoms with E-state index in [1.165, 1.54) is 11.1 Å². The second-order valence-electron chi connectivity index (χ2n) is 6.20. The van der Waals surface area contributed by atoms with Gasteiger partial charge in [-0.05, 0) is 25.2 Å². The summed E-state index contributed by atoms with van der Waals surface area (Å²) in [5, 5.41) is 14.7. The molecule has 1 aromatic heterocycles. The quantitative estimate of drug-likeness (QED) is 0.558. The lowest BCUT2D eigenvalue weighted by Crippen LogP contribution is -2.38. The molecule has 0 fully saturated rings. The first-order valence-electron chi connectivity index (χ1n) is 8.66. The standard InChI is InChI=1S/C18H29N7/c1-5-17-23-22-14-25(17)11-10-20-18(19-2)21-12-15-6-8-16(9-7-15)13-24(3)4/h6-9,14H,5,10-13H2,1-4H3,(H2,19,20,21). The van der Waals surface area contributed by atoms with Crippen molar-refractivity contribution < 1.29 is 0 Å². The van der Waals surface area contributed by atoms with Gasteiger partial charge in [-0.1, -0.05) is 31.2 Å². The predicted molar refractivity (Wildman–Crippen MR) is 101 cm³/mol. The highest BCUT2D eigenvalue weighted by atomic mass is 15.3. The van der Waals surface area contributed by atoms with Gasteiger partial charge in [0.2, 0.25) is 0 Å². The van der Waals surface area contributed by atoms with Crippen LogP contribution in [0.1, 0.15) is 23.9 Å². The number of benzene rings is 1. The molecular formula is C18H29N7. The van der Waals surface area contributed by atoms with Crippen molar-refractivity contribution in [1.29, 1.82) is 0 Å². The molecule has 0 aliphatic rings. The van der Waals surface area contributed by atoms with Crippen LogP contribution in [-0.4, -0.2) is 53.3 Å². The van der Waals surface area contributed by atoms with E-state index in [1.54, 1.807) is 13.4 Å². The van der Waals surface area contributed by atoms with Crippen LogP contribution in [-0.2, 0) is 26.1 Å². The highest BCUT2D eigenvalue weighted by molar-refractivity contribution is 5.79. The van der Waals surface area contributed by atoms with E-state index in [4.69, 9.17) is 0 Å². The van der Waals surface area contributed by atoms with Crippen molar-refractivity contribution in [2.75, 3.05) is 27.7 Å². The van der Waals surface area contributed by atoms with Crippen LogP contribution in [0, 0.1) is 0 Å². The number of nitrogens with zero attached hydrogens (tertiary/aromatic N) is 5. The number of nitrogens with one attached hydrogen (secondary N) is 2. The minimum atomic E-state index is 0.745. The van der Waals surface area contributed by atoms with E-state index in [9.17, 15) is 0 Å². The van der Waals surface area contributed by atoms with Crippen LogP contribution >= 0.6 is 0 Å². The Labute approximate surface area is 150 Å². The Morgan fingerprint density at radius 1 is 1.16 bits per heavy atom. The topological polar surface area (TPSA) is 70.4 Å². The molecule has 7 heteroatoms. The highest BCUT2D eigenvalue weighted by Gasteiger charge is 2.03. The molecule has 0 amide bonds. The fourth-order valence-electron chi connectivity index (χ4n) is 2.57. The summed E-state index contributed by atoms with van der Waals surface area (Å²) in [6, 6.07) is 8.66. The van der Waals surface area contributed by atoms with Gasteiger partial charge in [-0.3, -0.25) is 4.99 Å². The Bertz CT molecular complexity index is 658. The number of aliphatic imine (C=N–C) groups is 1. The van der Waals surface area contributed by atoms with Crippen molar-refractivity contribution >= 4 is 5.96 Å². The zero-order valence-corrected chi connectivity index (χ0v) is 15.7. The summed E-state index contributed by atoms with van der Waals surface area (Å²) in [6.45, 7) is 5.37. The molecule has 0 radical (unpaired) electrons. The SMILES string of the molecule is CCc1nncn1CCNC(=NC)NCc1ccc(CN(C)C)cc1. The molecule has 0 aliphatic carbocycles. The highest BCUT2D eigenvalue weighted by Crippen LogP contribution is 2.06. The van der Waals surface area contributed by atoms with Crippen LogP contribution in [0.5, 0.6) is 0 Å². The third-order valence-corrected chi connectivity index (χ3v) is 3.86. The molecule has 2 N–H and O–H groups in total. The molecule has 0 aliphatic heterocycles.